The van der Waals surface area contributed by atoms with Crippen molar-refractivity contribution in [3.63, 3.8) is 0 Å². The van der Waals surface area contributed by atoms with Gasteiger partial charge in [-0.3, -0.25) is 0 Å². The van der Waals surface area contributed by atoms with Crippen LogP contribution in [-0.4, -0.2) is 35.7 Å². The number of sulfone groups is 1. The Balaban J connectivity index is 1.64. The smallest absolute Gasteiger partial charge is 0.151 e. The first kappa shape index (κ1) is 17.9. The van der Waals surface area contributed by atoms with Crippen LogP contribution in [0.25, 0.3) is 16.9 Å². The molecule has 0 bridgehead atoms. The van der Waals surface area contributed by atoms with Gasteiger partial charge in [0, 0.05) is 29.9 Å². The molecule has 140 valence electrons. The highest BCUT2D eigenvalue weighted by atomic mass is 32.2. The highest BCUT2D eigenvalue weighted by Gasteiger charge is 2.27. The number of rotatable bonds is 5. The van der Waals surface area contributed by atoms with E-state index >= 15 is 0 Å². The molecule has 1 unspecified atom stereocenters. The molecule has 0 radical (unpaired) electrons. The molecule has 7 heteroatoms. The minimum atomic E-state index is -2.93. The summed E-state index contributed by atoms with van der Waals surface area (Å²) in [6.07, 6.45) is 2.56. The van der Waals surface area contributed by atoms with Crippen molar-refractivity contribution >= 4 is 9.84 Å². The molecular formula is C20H20FN3O2S. The number of hydrogen-bond acceptors (Lipinski definition) is 4. The van der Waals surface area contributed by atoms with E-state index in [0.29, 0.717) is 13.0 Å². The molecule has 0 spiro atoms. The van der Waals surface area contributed by atoms with Crippen LogP contribution >= 0.6 is 0 Å². The summed E-state index contributed by atoms with van der Waals surface area (Å²) in [6, 6.07) is 15.9. The third kappa shape index (κ3) is 4.09. The largest absolute Gasteiger partial charge is 0.309 e. The number of hydrogen-bond donors (Lipinski definition) is 1. The van der Waals surface area contributed by atoms with Crippen LogP contribution in [0.3, 0.4) is 0 Å². The maximum Gasteiger partial charge on any atom is 0.151 e. The van der Waals surface area contributed by atoms with Gasteiger partial charge in [0.15, 0.2) is 9.84 Å². The monoisotopic (exact) mass is 385 g/mol. The lowest BCUT2D eigenvalue weighted by atomic mass is 10.1. The lowest BCUT2D eigenvalue weighted by Gasteiger charge is -2.10. The van der Waals surface area contributed by atoms with Crippen molar-refractivity contribution < 1.29 is 12.8 Å². The van der Waals surface area contributed by atoms with Crippen LogP contribution in [0.2, 0.25) is 0 Å². The fraction of sp³-hybridized carbons (Fsp3) is 0.250. The van der Waals surface area contributed by atoms with Crippen molar-refractivity contribution in [1.82, 2.24) is 15.1 Å². The average Bonchev–Trinajstić information content (AvgIpc) is 3.24. The molecule has 3 aromatic rings. The highest BCUT2D eigenvalue weighted by Crippen LogP contribution is 2.24. The number of halogens is 1. The summed E-state index contributed by atoms with van der Waals surface area (Å²) in [6.45, 7) is 0.500. The number of benzene rings is 2. The van der Waals surface area contributed by atoms with Gasteiger partial charge in [-0.2, -0.15) is 5.10 Å². The van der Waals surface area contributed by atoms with Gasteiger partial charge in [0.2, 0.25) is 0 Å². The van der Waals surface area contributed by atoms with Crippen molar-refractivity contribution in [2.45, 2.75) is 19.0 Å². The molecule has 1 atom stereocenters. The molecule has 27 heavy (non-hydrogen) atoms. The summed E-state index contributed by atoms with van der Waals surface area (Å²) in [5.74, 6) is 0.113. The lowest BCUT2D eigenvalue weighted by Crippen LogP contribution is -2.29. The first-order valence-corrected chi connectivity index (χ1v) is 10.7. The first-order valence-electron chi connectivity index (χ1n) is 8.84. The molecule has 1 aliphatic rings. The zero-order chi connectivity index (χ0) is 18.9. The number of para-hydroxylation sites is 1. The highest BCUT2D eigenvalue weighted by molar-refractivity contribution is 7.91. The second-order valence-electron chi connectivity index (χ2n) is 6.77. The Labute approximate surface area is 157 Å². The van der Waals surface area contributed by atoms with Crippen LogP contribution in [0.4, 0.5) is 4.39 Å². The summed E-state index contributed by atoms with van der Waals surface area (Å²) in [5.41, 5.74) is 3.44. The molecule has 1 aromatic heterocycles. The lowest BCUT2D eigenvalue weighted by molar-refractivity contribution is 0.554. The van der Waals surface area contributed by atoms with E-state index < -0.39 is 9.84 Å². The van der Waals surface area contributed by atoms with Gasteiger partial charge in [0.05, 0.1) is 22.9 Å². The van der Waals surface area contributed by atoms with Crippen molar-refractivity contribution in [2.24, 2.45) is 0 Å². The van der Waals surface area contributed by atoms with Gasteiger partial charge in [0.25, 0.3) is 0 Å². The fourth-order valence-electron chi connectivity index (χ4n) is 3.31. The maximum absolute atomic E-state index is 13.3. The third-order valence-corrected chi connectivity index (χ3v) is 6.51. The van der Waals surface area contributed by atoms with Crippen LogP contribution in [0.1, 0.15) is 12.0 Å². The van der Waals surface area contributed by atoms with E-state index in [1.807, 2.05) is 36.5 Å². The van der Waals surface area contributed by atoms with Gasteiger partial charge < -0.3 is 5.32 Å². The SMILES string of the molecule is O=S1(=O)CCC(NCc2cn(-c3ccccc3)nc2-c2ccc(F)cc2)C1. The standard InChI is InChI=1S/C20H20FN3O2S/c21-17-8-6-15(7-9-17)20-16(12-22-18-10-11-27(25,26)14-18)13-24(23-20)19-4-2-1-3-5-19/h1-9,13,18,22H,10-12,14H2. The molecule has 2 aromatic carbocycles. The van der Waals surface area contributed by atoms with Gasteiger partial charge >= 0.3 is 0 Å². The number of nitrogens with zero attached hydrogens (tertiary/aromatic N) is 2. The van der Waals surface area contributed by atoms with E-state index in [9.17, 15) is 12.8 Å². The zero-order valence-electron chi connectivity index (χ0n) is 14.7. The maximum atomic E-state index is 13.3. The normalized spacial score (nSPS) is 18.6. The van der Waals surface area contributed by atoms with Crippen LogP contribution in [0, 0.1) is 5.82 Å². The Hall–Kier alpha value is -2.51. The summed E-state index contributed by atoms with van der Waals surface area (Å²) in [4.78, 5) is 0. The summed E-state index contributed by atoms with van der Waals surface area (Å²) >= 11 is 0. The molecule has 1 fully saturated rings. The number of aromatic nitrogens is 2. The van der Waals surface area contributed by atoms with Gasteiger partial charge in [-0.15, -0.1) is 0 Å². The number of nitrogens with one attached hydrogen (secondary N) is 1. The molecule has 0 aliphatic carbocycles. The quantitative estimate of drug-likeness (QED) is 0.733. The topological polar surface area (TPSA) is 64.0 Å². The molecule has 0 amide bonds. The van der Waals surface area contributed by atoms with Gasteiger partial charge in [0.1, 0.15) is 5.82 Å². The van der Waals surface area contributed by atoms with Crippen LogP contribution in [0.15, 0.2) is 60.8 Å². The molecular weight excluding hydrogens is 365 g/mol. The van der Waals surface area contributed by atoms with Crippen molar-refractivity contribution in [1.29, 1.82) is 0 Å². The minimum Gasteiger partial charge on any atom is -0.309 e. The molecule has 1 saturated heterocycles. The summed E-state index contributed by atoms with van der Waals surface area (Å²) in [7, 11) is -2.93. The van der Waals surface area contributed by atoms with E-state index in [0.717, 1.165) is 22.5 Å². The molecule has 2 heterocycles. The van der Waals surface area contributed by atoms with Crippen molar-refractivity contribution in [3.8, 4) is 16.9 Å². The van der Waals surface area contributed by atoms with Gasteiger partial charge in [-0.05, 0) is 42.8 Å². The Morgan fingerprint density at radius 2 is 1.85 bits per heavy atom. The molecule has 5 nitrogen and oxygen atoms in total. The Morgan fingerprint density at radius 1 is 1.11 bits per heavy atom. The van der Waals surface area contributed by atoms with E-state index in [1.165, 1.54) is 12.1 Å². The summed E-state index contributed by atoms with van der Waals surface area (Å²) < 4.78 is 38.4. The van der Waals surface area contributed by atoms with Crippen molar-refractivity contribution in [2.75, 3.05) is 11.5 Å². The van der Waals surface area contributed by atoms with Gasteiger partial charge in [-0.25, -0.2) is 17.5 Å². The predicted octanol–water partition coefficient (Wildman–Crippen LogP) is 2.96. The molecule has 1 aliphatic heterocycles. The van der Waals surface area contributed by atoms with Crippen LogP contribution in [-0.2, 0) is 16.4 Å². The Kier molecular flexibility index (Phi) is 4.80. The van der Waals surface area contributed by atoms with Crippen LogP contribution in [0.5, 0.6) is 0 Å². The fourth-order valence-corrected chi connectivity index (χ4v) is 5.02. The van der Waals surface area contributed by atoms with E-state index in [-0.39, 0.29) is 23.4 Å². The average molecular weight is 385 g/mol. The van der Waals surface area contributed by atoms with Gasteiger partial charge in [-0.1, -0.05) is 18.2 Å². The second-order valence-corrected chi connectivity index (χ2v) is 9.00. The minimum absolute atomic E-state index is 0.0452. The molecule has 4 rings (SSSR count). The van der Waals surface area contributed by atoms with E-state index in [4.69, 9.17) is 5.10 Å². The Bertz CT molecular complexity index is 1030. The van der Waals surface area contributed by atoms with Crippen LogP contribution < -0.4 is 5.32 Å². The second kappa shape index (κ2) is 7.25. The van der Waals surface area contributed by atoms with E-state index in [1.54, 1.807) is 16.8 Å². The predicted molar refractivity (Wildman–Crippen MR) is 103 cm³/mol. The molecule has 0 saturated carbocycles. The third-order valence-electron chi connectivity index (χ3n) is 4.74. The first-order chi connectivity index (χ1) is 13.0. The Morgan fingerprint density at radius 3 is 2.52 bits per heavy atom. The zero-order valence-corrected chi connectivity index (χ0v) is 15.5. The summed E-state index contributed by atoms with van der Waals surface area (Å²) in [5, 5.41) is 8.02. The van der Waals surface area contributed by atoms with E-state index in [2.05, 4.69) is 5.32 Å². The van der Waals surface area contributed by atoms with Crippen molar-refractivity contribution in [3.05, 3.63) is 72.2 Å². The molecule has 1 N–H and O–H groups in total.